The molecule has 1 atom stereocenters. The van der Waals surface area contributed by atoms with Crippen molar-refractivity contribution in [2.75, 3.05) is 13.2 Å². The Morgan fingerprint density at radius 3 is 0.926 bits per heavy atom. The first-order chi connectivity index (χ1) is 33.5. The first-order valence-electron chi connectivity index (χ1n) is 29.6. The molecular weight excluding hydrogens is 841 g/mol. The Kier molecular flexibility index (Phi) is 54.8. The minimum absolute atomic E-state index is 0.0829. The van der Waals surface area contributed by atoms with Crippen LogP contribution < -0.4 is 0 Å². The van der Waals surface area contributed by atoms with Crippen molar-refractivity contribution < 1.29 is 28.6 Å². The van der Waals surface area contributed by atoms with Gasteiger partial charge >= 0.3 is 17.9 Å². The SMILES string of the molecule is CC/C=C\C/C=C\C/C=C\CCCCCC(=O)OCC(COC(=O)CCCCCCCCCCCCCCCCCCCCCCCCC)OC(=O)CCCCCCC/C=C\CCCCCCC. The van der Waals surface area contributed by atoms with Gasteiger partial charge in [-0.2, -0.15) is 0 Å². The van der Waals surface area contributed by atoms with Gasteiger partial charge in [0.05, 0.1) is 0 Å². The third kappa shape index (κ3) is 54.3. The minimum atomic E-state index is -0.787. The molecule has 0 aliphatic heterocycles. The summed E-state index contributed by atoms with van der Waals surface area (Å²) in [5.41, 5.74) is 0. The summed E-state index contributed by atoms with van der Waals surface area (Å²) in [7, 11) is 0. The maximum absolute atomic E-state index is 12.8. The van der Waals surface area contributed by atoms with E-state index in [1.807, 2.05) is 0 Å². The normalized spacial score (nSPS) is 12.3. The Morgan fingerprint density at radius 2 is 0.574 bits per heavy atom. The molecule has 0 aromatic heterocycles. The Balaban J connectivity index is 4.27. The lowest BCUT2D eigenvalue weighted by atomic mass is 10.0. The molecule has 1 unspecified atom stereocenters. The highest BCUT2D eigenvalue weighted by atomic mass is 16.6. The highest BCUT2D eigenvalue weighted by Gasteiger charge is 2.19. The van der Waals surface area contributed by atoms with Gasteiger partial charge in [-0.05, 0) is 77.0 Å². The van der Waals surface area contributed by atoms with Crippen LogP contribution in [0.15, 0.2) is 48.6 Å². The van der Waals surface area contributed by atoms with Crippen molar-refractivity contribution in [3.8, 4) is 0 Å². The van der Waals surface area contributed by atoms with E-state index >= 15 is 0 Å². The molecule has 0 saturated carbocycles. The van der Waals surface area contributed by atoms with Crippen LogP contribution >= 0.6 is 0 Å². The maximum atomic E-state index is 12.8. The second-order valence-corrected chi connectivity index (χ2v) is 19.9. The number of esters is 3. The first kappa shape index (κ1) is 65.4. The molecule has 0 amide bonds. The van der Waals surface area contributed by atoms with Crippen LogP contribution in [-0.4, -0.2) is 37.2 Å². The molecular formula is C62H112O6. The van der Waals surface area contributed by atoms with Gasteiger partial charge in [-0.15, -0.1) is 0 Å². The fourth-order valence-electron chi connectivity index (χ4n) is 8.63. The molecule has 0 spiro atoms. The summed E-state index contributed by atoms with van der Waals surface area (Å²) in [6.45, 7) is 6.52. The number of ether oxygens (including phenoxy) is 3. The van der Waals surface area contributed by atoms with Gasteiger partial charge < -0.3 is 14.2 Å². The van der Waals surface area contributed by atoms with Gasteiger partial charge in [-0.3, -0.25) is 14.4 Å². The van der Waals surface area contributed by atoms with E-state index < -0.39 is 6.10 Å². The van der Waals surface area contributed by atoms with Gasteiger partial charge in [-0.25, -0.2) is 0 Å². The second-order valence-electron chi connectivity index (χ2n) is 19.9. The van der Waals surface area contributed by atoms with E-state index in [9.17, 15) is 14.4 Å². The van der Waals surface area contributed by atoms with Crippen LogP contribution in [0.4, 0.5) is 0 Å². The van der Waals surface area contributed by atoms with Crippen molar-refractivity contribution in [2.24, 2.45) is 0 Å². The van der Waals surface area contributed by atoms with Crippen LogP contribution in [0, 0.1) is 0 Å². The summed E-state index contributed by atoms with van der Waals surface area (Å²) in [5, 5.41) is 0. The molecule has 0 fully saturated rings. The van der Waals surface area contributed by atoms with Gasteiger partial charge in [0.15, 0.2) is 6.10 Å². The average molecular weight is 954 g/mol. The van der Waals surface area contributed by atoms with Crippen LogP contribution in [0.25, 0.3) is 0 Å². The van der Waals surface area contributed by atoms with E-state index in [1.54, 1.807) is 0 Å². The highest BCUT2D eigenvalue weighted by Crippen LogP contribution is 2.17. The van der Waals surface area contributed by atoms with Crippen LogP contribution in [0.5, 0.6) is 0 Å². The zero-order chi connectivity index (χ0) is 49.3. The number of hydrogen-bond acceptors (Lipinski definition) is 6. The van der Waals surface area contributed by atoms with E-state index in [4.69, 9.17) is 14.2 Å². The van der Waals surface area contributed by atoms with Crippen molar-refractivity contribution >= 4 is 17.9 Å². The molecule has 0 saturated heterocycles. The fourth-order valence-corrected chi connectivity index (χ4v) is 8.63. The van der Waals surface area contributed by atoms with Crippen molar-refractivity contribution in [1.29, 1.82) is 0 Å². The summed E-state index contributed by atoms with van der Waals surface area (Å²) >= 11 is 0. The molecule has 0 aliphatic carbocycles. The first-order valence-corrected chi connectivity index (χ1v) is 29.6. The zero-order valence-electron chi connectivity index (χ0n) is 45.4. The summed E-state index contributed by atoms with van der Waals surface area (Å²) in [6, 6.07) is 0. The predicted octanol–water partition coefficient (Wildman–Crippen LogP) is 19.8. The number of allylic oxidation sites excluding steroid dienone is 8. The number of carbonyl (C=O) groups is 3. The number of unbranched alkanes of at least 4 members (excludes halogenated alkanes) is 35. The Bertz CT molecular complexity index is 1190. The zero-order valence-corrected chi connectivity index (χ0v) is 45.4. The molecule has 396 valence electrons. The lowest BCUT2D eigenvalue weighted by Crippen LogP contribution is -2.30. The molecule has 0 N–H and O–H groups in total. The molecule has 0 radical (unpaired) electrons. The molecule has 0 heterocycles. The second kappa shape index (κ2) is 57.0. The van der Waals surface area contributed by atoms with Crippen molar-refractivity contribution in [3.63, 3.8) is 0 Å². The molecule has 0 aliphatic rings. The van der Waals surface area contributed by atoms with E-state index in [-0.39, 0.29) is 31.1 Å². The van der Waals surface area contributed by atoms with Crippen LogP contribution in [0.2, 0.25) is 0 Å². The number of hydrogen-bond donors (Lipinski definition) is 0. The molecule has 0 aromatic carbocycles. The quantitative estimate of drug-likeness (QED) is 0.0262. The Hall–Kier alpha value is -2.63. The lowest BCUT2D eigenvalue weighted by molar-refractivity contribution is -0.167. The third-order valence-corrected chi connectivity index (χ3v) is 13.1. The van der Waals surface area contributed by atoms with E-state index in [1.165, 1.54) is 173 Å². The monoisotopic (exact) mass is 953 g/mol. The largest absolute Gasteiger partial charge is 0.462 e. The highest BCUT2D eigenvalue weighted by molar-refractivity contribution is 5.71. The molecule has 0 rings (SSSR count). The summed E-state index contributed by atoms with van der Waals surface area (Å²) < 4.78 is 16.8. The van der Waals surface area contributed by atoms with E-state index in [2.05, 4.69) is 69.4 Å². The van der Waals surface area contributed by atoms with Gasteiger partial charge in [0.25, 0.3) is 0 Å². The van der Waals surface area contributed by atoms with Gasteiger partial charge in [0.2, 0.25) is 0 Å². The molecule has 0 bridgehead atoms. The summed E-state index contributed by atoms with van der Waals surface area (Å²) in [5.74, 6) is -0.908. The lowest BCUT2D eigenvalue weighted by Gasteiger charge is -2.18. The summed E-state index contributed by atoms with van der Waals surface area (Å²) in [6.07, 6.45) is 69.8. The van der Waals surface area contributed by atoms with Crippen LogP contribution in [0.1, 0.15) is 310 Å². The van der Waals surface area contributed by atoms with E-state index in [0.717, 1.165) is 96.3 Å². The number of carbonyl (C=O) groups excluding carboxylic acids is 3. The minimum Gasteiger partial charge on any atom is -0.462 e. The van der Waals surface area contributed by atoms with Crippen LogP contribution in [0.3, 0.4) is 0 Å². The topological polar surface area (TPSA) is 78.9 Å². The Labute approximate surface area is 422 Å². The molecule has 6 nitrogen and oxygen atoms in total. The summed E-state index contributed by atoms with van der Waals surface area (Å²) in [4.78, 5) is 38.1. The third-order valence-electron chi connectivity index (χ3n) is 13.1. The smallest absolute Gasteiger partial charge is 0.306 e. The van der Waals surface area contributed by atoms with Crippen LogP contribution in [-0.2, 0) is 28.6 Å². The van der Waals surface area contributed by atoms with Gasteiger partial charge in [0, 0.05) is 19.3 Å². The Morgan fingerprint density at radius 1 is 0.309 bits per heavy atom. The van der Waals surface area contributed by atoms with Crippen molar-refractivity contribution in [1.82, 2.24) is 0 Å². The number of rotatable bonds is 54. The average Bonchev–Trinajstić information content (AvgIpc) is 3.34. The predicted molar refractivity (Wildman–Crippen MR) is 293 cm³/mol. The fraction of sp³-hybridized carbons (Fsp3) is 0.823. The molecule has 0 aromatic rings. The van der Waals surface area contributed by atoms with Gasteiger partial charge in [0.1, 0.15) is 13.2 Å². The maximum Gasteiger partial charge on any atom is 0.306 e. The molecule has 68 heavy (non-hydrogen) atoms. The van der Waals surface area contributed by atoms with Crippen molar-refractivity contribution in [2.45, 2.75) is 316 Å². The molecule has 6 heteroatoms. The van der Waals surface area contributed by atoms with Gasteiger partial charge in [-0.1, -0.05) is 262 Å². The van der Waals surface area contributed by atoms with E-state index in [0.29, 0.717) is 19.3 Å². The standard InChI is InChI=1S/C62H112O6/c1-4-7-10-13-16-19-22-25-27-28-29-30-31-32-33-34-35-38-40-43-46-49-52-55-61(64)67-58-59(57-66-60(63)54-51-48-45-42-39-36-24-21-18-15-12-9-6-3)68-62(65)56-53-50-47-44-41-37-26-23-20-17-14-11-8-5-2/h9,12,18,21,23,26,36,39,59H,4-8,10-11,13-17,19-20,22,24-25,27-35,37-38,40-58H2,1-3H3/b12-9-,21-18-,26-23-,39-36-. The van der Waals surface area contributed by atoms with Crippen molar-refractivity contribution in [3.05, 3.63) is 48.6 Å².